The van der Waals surface area contributed by atoms with Crippen molar-refractivity contribution in [1.29, 1.82) is 0 Å². The fraction of sp³-hybridized carbons (Fsp3) is 0.826. The van der Waals surface area contributed by atoms with Gasteiger partial charge in [-0.2, -0.15) is 0 Å². The minimum Gasteiger partial charge on any atom is -0.414 e. The molecule has 0 aromatic rings. The van der Waals surface area contributed by atoms with Gasteiger partial charge >= 0.3 is 17.1 Å². The molecular weight excluding hydrogens is 461 g/mol. The summed E-state index contributed by atoms with van der Waals surface area (Å²) in [5.41, 5.74) is -1.60. The number of ether oxygens (including phenoxy) is 1. The third-order valence-corrected chi connectivity index (χ3v) is 17.5. The van der Waals surface area contributed by atoms with E-state index in [-0.39, 0.29) is 41.0 Å². The molecule has 10 heteroatoms. The van der Waals surface area contributed by atoms with Crippen molar-refractivity contribution in [2.45, 2.75) is 115 Å². The molecule has 0 aromatic carbocycles. The van der Waals surface area contributed by atoms with E-state index in [0.29, 0.717) is 0 Å². The second-order valence-electron chi connectivity index (χ2n) is 11.0. The summed E-state index contributed by atoms with van der Waals surface area (Å²) in [4.78, 5) is 25.4. The van der Waals surface area contributed by atoms with Gasteiger partial charge in [-0.15, -0.1) is 0 Å². The largest absolute Gasteiger partial charge is 0.414 e. The molecule has 0 saturated carbocycles. The van der Waals surface area contributed by atoms with Crippen LogP contribution in [0.1, 0.15) is 68.7 Å². The lowest BCUT2D eigenvalue weighted by Gasteiger charge is -2.51. The first-order valence-electron chi connectivity index (χ1n) is 12.1. The van der Waals surface area contributed by atoms with Crippen molar-refractivity contribution in [3.8, 4) is 0 Å². The predicted octanol–water partition coefficient (Wildman–Crippen LogP) is 4.71. The third-order valence-electron chi connectivity index (χ3n) is 7.29. The Labute approximate surface area is 199 Å². The van der Waals surface area contributed by atoms with Crippen molar-refractivity contribution in [2.75, 3.05) is 6.61 Å². The Kier molecular flexibility index (Phi) is 7.50. The maximum absolute atomic E-state index is 16.5. The highest BCUT2D eigenvalue weighted by Crippen LogP contribution is 2.50. The molecule has 3 rings (SSSR count). The molecule has 2 saturated heterocycles. The number of hydrogen-bond acceptors (Lipinski definition) is 6. The molecular formula is C23H40FNO6Si2. The van der Waals surface area contributed by atoms with Gasteiger partial charge < -0.3 is 17.7 Å². The van der Waals surface area contributed by atoms with E-state index in [4.69, 9.17) is 17.7 Å². The molecule has 3 heterocycles. The van der Waals surface area contributed by atoms with Crippen LogP contribution in [-0.2, 0) is 27.3 Å². The van der Waals surface area contributed by atoms with Gasteiger partial charge in [-0.3, -0.25) is 14.5 Å². The van der Waals surface area contributed by atoms with Crippen LogP contribution < -0.4 is 0 Å². The highest BCUT2D eigenvalue weighted by molar-refractivity contribution is 6.84. The molecule has 2 fully saturated rings. The zero-order valence-corrected chi connectivity index (χ0v) is 23.4. The summed E-state index contributed by atoms with van der Waals surface area (Å²) in [7, 11) is -5.80. The predicted molar refractivity (Wildman–Crippen MR) is 128 cm³/mol. The Hall–Kier alpha value is -0.916. The van der Waals surface area contributed by atoms with Crippen LogP contribution in [0.5, 0.6) is 0 Å². The SMILES string of the molecule is CC(C)[Si]1(C(C)C)OCC2O[C@@H](N3C=CC(=O)CC3=O)[C@](C)(F)C2O[Si](C(C)C)(C(C)C)O1. The maximum Gasteiger partial charge on any atom is 0.335 e. The van der Waals surface area contributed by atoms with E-state index >= 15 is 4.39 Å². The molecule has 2 unspecified atom stereocenters. The van der Waals surface area contributed by atoms with Gasteiger partial charge in [-0.05, 0) is 35.2 Å². The highest BCUT2D eigenvalue weighted by Gasteiger charge is 2.66. The third kappa shape index (κ3) is 4.42. The Morgan fingerprint density at radius 1 is 1.00 bits per heavy atom. The normalized spacial score (nSPS) is 34.4. The Morgan fingerprint density at radius 2 is 1.55 bits per heavy atom. The van der Waals surface area contributed by atoms with Gasteiger partial charge in [-0.1, -0.05) is 55.4 Å². The van der Waals surface area contributed by atoms with Gasteiger partial charge in [0.05, 0.1) is 13.0 Å². The summed E-state index contributed by atoms with van der Waals surface area (Å²) < 4.78 is 43.3. The molecule has 0 bridgehead atoms. The van der Waals surface area contributed by atoms with Crippen molar-refractivity contribution >= 4 is 28.8 Å². The molecule has 1 amide bonds. The van der Waals surface area contributed by atoms with E-state index in [1.54, 1.807) is 0 Å². The average molecular weight is 502 g/mol. The first-order chi connectivity index (χ1) is 15.2. The van der Waals surface area contributed by atoms with Crippen molar-refractivity contribution < 1.29 is 31.7 Å². The Morgan fingerprint density at radius 3 is 2.03 bits per heavy atom. The first-order valence-corrected chi connectivity index (χ1v) is 16.0. The summed E-state index contributed by atoms with van der Waals surface area (Å²) in [6.45, 7) is 18.3. The molecule has 3 aliphatic rings. The lowest BCUT2D eigenvalue weighted by atomic mass is 9.97. The van der Waals surface area contributed by atoms with Crippen LogP contribution in [0.3, 0.4) is 0 Å². The minimum atomic E-state index is -3.02. The smallest absolute Gasteiger partial charge is 0.335 e. The van der Waals surface area contributed by atoms with E-state index in [1.165, 1.54) is 24.1 Å². The minimum absolute atomic E-state index is 0.0493. The van der Waals surface area contributed by atoms with Crippen molar-refractivity contribution in [3.63, 3.8) is 0 Å². The number of alkyl halides is 1. The molecule has 33 heavy (non-hydrogen) atoms. The summed E-state index contributed by atoms with van der Waals surface area (Å²) in [6.07, 6.45) is -0.533. The van der Waals surface area contributed by atoms with Gasteiger partial charge in [0, 0.05) is 6.20 Å². The molecule has 188 valence electrons. The topological polar surface area (TPSA) is 74.3 Å². The number of nitrogens with zero attached hydrogens (tertiary/aromatic N) is 1. The maximum atomic E-state index is 16.5. The van der Waals surface area contributed by atoms with Gasteiger partial charge in [0.1, 0.15) is 12.2 Å². The second kappa shape index (κ2) is 9.27. The second-order valence-corrected chi connectivity index (χ2v) is 19.8. The van der Waals surface area contributed by atoms with Crippen molar-refractivity contribution in [1.82, 2.24) is 4.90 Å². The van der Waals surface area contributed by atoms with Crippen LogP contribution in [0.4, 0.5) is 4.39 Å². The van der Waals surface area contributed by atoms with Crippen LogP contribution in [-0.4, -0.2) is 64.4 Å². The zero-order valence-electron chi connectivity index (χ0n) is 21.4. The molecule has 0 aliphatic carbocycles. The lowest BCUT2D eigenvalue weighted by Crippen LogP contribution is -2.66. The summed E-state index contributed by atoms with van der Waals surface area (Å²) in [6, 6.07) is 0. The number of hydrogen-bond donors (Lipinski definition) is 0. The summed E-state index contributed by atoms with van der Waals surface area (Å²) >= 11 is 0. The highest BCUT2D eigenvalue weighted by atomic mass is 28.5. The number of carbonyl (C=O) groups is 2. The van der Waals surface area contributed by atoms with Gasteiger partial charge in [-0.25, -0.2) is 4.39 Å². The van der Waals surface area contributed by atoms with Crippen LogP contribution in [0.15, 0.2) is 12.3 Å². The van der Waals surface area contributed by atoms with E-state index in [0.717, 1.165) is 0 Å². The van der Waals surface area contributed by atoms with Crippen LogP contribution in [0.2, 0.25) is 22.2 Å². The number of carbonyl (C=O) groups excluding carboxylic acids is 2. The molecule has 7 nitrogen and oxygen atoms in total. The Bertz CT molecular complexity index is 784. The molecule has 0 radical (unpaired) electrons. The van der Waals surface area contributed by atoms with E-state index in [1.807, 2.05) is 0 Å². The van der Waals surface area contributed by atoms with Crippen LogP contribution >= 0.6 is 0 Å². The fourth-order valence-electron chi connectivity index (χ4n) is 5.41. The summed E-state index contributed by atoms with van der Waals surface area (Å²) in [5, 5.41) is 0. The number of allylic oxidation sites excluding steroid dienone is 1. The zero-order chi connectivity index (χ0) is 24.9. The monoisotopic (exact) mass is 501 g/mol. The van der Waals surface area contributed by atoms with E-state index in [2.05, 4.69) is 55.4 Å². The van der Waals surface area contributed by atoms with Crippen LogP contribution in [0.25, 0.3) is 0 Å². The molecule has 3 aliphatic heterocycles. The fourth-order valence-corrected chi connectivity index (χ4v) is 16.7. The molecule has 0 spiro atoms. The van der Waals surface area contributed by atoms with E-state index < -0.39 is 47.1 Å². The van der Waals surface area contributed by atoms with E-state index in [9.17, 15) is 9.59 Å². The number of fused-ring (bicyclic) bond motifs is 1. The van der Waals surface area contributed by atoms with Gasteiger partial charge in [0.25, 0.3) is 0 Å². The Balaban J connectivity index is 2.08. The van der Waals surface area contributed by atoms with Crippen molar-refractivity contribution in [3.05, 3.63) is 12.3 Å². The summed E-state index contributed by atoms with van der Waals surface area (Å²) in [5.74, 6) is -0.781. The first kappa shape index (κ1) is 26.7. The standard InChI is InChI=1S/C23H40FNO6Si2/c1-14(2)32(15(3)4)28-13-19-21(30-33(31-32,16(5)6)17(7)8)23(9,24)22(29-19)25-11-10-18(26)12-20(25)27/h10-11,14-17,19,21-22H,12-13H2,1-9H3/t19?,21?,22-,23-/m1/s1. The molecule has 0 aromatic heterocycles. The van der Waals surface area contributed by atoms with Crippen LogP contribution in [0, 0.1) is 0 Å². The number of rotatable bonds is 5. The van der Waals surface area contributed by atoms with Gasteiger partial charge in [0.2, 0.25) is 5.91 Å². The van der Waals surface area contributed by atoms with Gasteiger partial charge in [0.15, 0.2) is 17.7 Å². The van der Waals surface area contributed by atoms with Crippen molar-refractivity contribution in [2.24, 2.45) is 0 Å². The molecule has 0 N–H and O–H groups in total. The quantitative estimate of drug-likeness (QED) is 0.401. The molecule has 4 atom stereocenters. The number of amides is 1. The number of halogens is 1. The lowest BCUT2D eigenvalue weighted by molar-refractivity contribution is -0.150. The average Bonchev–Trinajstić information content (AvgIpc) is 2.90. The number of ketones is 1.